The van der Waals surface area contributed by atoms with Crippen LogP contribution in [0.2, 0.25) is 0 Å². The highest BCUT2D eigenvalue weighted by molar-refractivity contribution is 5.29. The molecule has 4 rings (SSSR count). The molecule has 5 atom stereocenters. The van der Waals surface area contributed by atoms with E-state index in [2.05, 4.69) is 33.8 Å². The lowest BCUT2D eigenvalue weighted by Crippen LogP contribution is -2.48. The third kappa shape index (κ3) is 1.74. The van der Waals surface area contributed by atoms with Gasteiger partial charge in [-0.15, -0.1) is 0 Å². The number of rotatable bonds is 0. The van der Waals surface area contributed by atoms with Gasteiger partial charge in [0.2, 0.25) is 0 Å². The van der Waals surface area contributed by atoms with E-state index in [1.165, 1.54) is 57.8 Å². The predicted octanol–water partition coefficient (Wildman–Crippen LogP) is 6.37. The van der Waals surface area contributed by atoms with E-state index in [0.29, 0.717) is 16.2 Å². The molecule has 118 valence electrons. The lowest BCUT2D eigenvalue weighted by molar-refractivity contribution is 0.00733. The van der Waals surface area contributed by atoms with Gasteiger partial charge in [0.15, 0.2) is 0 Å². The van der Waals surface area contributed by atoms with Gasteiger partial charge in [-0.05, 0) is 78.9 Å². The highest BCUT2D eigenvalue weighted by Gasteiger charge is 2.58. The fourth-order valence-electron chi connectivity index (χ4n) is 7.03. The Morgan fingerprint density at radius 2 is 1.71 bits per heavy atom. The van der Waals surface area contributed by atoms with Gasteiger partial charge < -0.3 is 0 Å². The summed E-state index contributed by atoms with van der Waals surface area (Å²) in [6, 6.07) is 0. The number of fused-ring (bicyclic) bond motifs is 5. The Labute approximate surface area is 131 Å². The zero-order valence-electron chi connectivity index (χ0n) is 14.7. The highest BCUT2D eigenvalue weighted by atomic mass is 14.6. The largest absolute Gasteiger partial charge is 0.0839 e. The quantitative estimate of drug-likeness (QED) is 0.454. The second kappa shape index (κ2) is 4.39. The van der Waals surface area contributed by atoms with Crippen LogP contribution >= 0.6 is 0 Å². The molecule has 0 radical (unpaired) electrons. The first-order valence-electron chi connectivity index (χ1n) is 9.59. The molecule has 0 bridgehead atoms. The van der Waals surface area contributed by atoms with E-state index in [1.54, 1.807) is 0 Å². The van der Waals surface area contributed by atoms with E-state index >= 15 is 0 Å². The molecule has 21 heavy (non-hydrogen) atoms. The van der Waals surface area contributed by atoms with Crippen molar-refractivity contribution in [2.45, 2.75) is 85.5 Å². The molecule has 0 N–H and O–H groups in total. The topological polar surface area (TPSA) is 0 Å². The summed E-state index contributed by atoms with van der Waals surface area (Å²) in [4.78, 5) is 0. The summed E-state index contributed by atoms with van der Waals surface area (Å²) in [5.41, 5.74) is 3.62. The molecular weight excluding hydrogens is 252 g/mol. The highest BCUT2D eigenvalue weighted by Crippen LogP contribution is 2.68. The van der Waals surface area contributed by atoms with Crippen molar-refractivity contribution in [2.24, 2.45) is 34.0 Å². The average Bonchev–Trinajstić information content (AvgIpc) is 2.69. The molecule has 3 saturated carbocycles. The fourth-order valence-corrected chi connectivity index (χ4v) is 7.03. The summed E-state index contributed by atoms with van der Waals surface area (Å²) in [5, 5.41) is 0. The van der Waals surface area contributed by atoms with Gasteiger partial charge in [-0.2, -0.15) is 0 Å². The van der Waals surface area contributed by atoms with Gasteiger partial charge in [0.1, 0.15) is 0 Å². The van der Waals surface area contributed by atoms with Crippen molar-refractivity contribution in [3.63, 3.8) is 0 Å². The van der Waals surface area contributed by atoms with Crippen molar-refractivity contribution in [1.82, 2.24) is 0 Å². The molecule has 0 amide bonds. The van der Waals surface area contributed by atoms with Crippen LogP contribution in [0.15, 0.2) is 11.6 Å². The van der Waals surface area contributed by atoms with E-state index in [-0.39, 0.29) is 0 Å². The molecule has 0 nitrogen and oxygen atoms in total. The molecule has 0 heterocycles. The Bertz CT molecular complexity index is 470. The van der Waals surface area contributed by atoms with Crippen molar-refractivity contribution in [3.8, 4) is 0 Å². The standard InChI is InChI=1S/C21H34/c1-19(2)13-10-18-16-9-8-15-7-5-6-12-20(15,3)17(16)11-14-21(18,19)4/h11,15-16,18H,5-10,12-14H2,1-4H3/t15?,16?,18?,20-,21-/m0/s1. The van der Waals surface area contributed by atoms with Crippen molar-refractivity contribution in [3.05, 3.63) is 11.6 Å². The Morgan fingerprint density at radius 3 is 2.52 bits per heavy atom. The predicted molar refractivity (Wildman–Crippen MR) is 90.1 cm³/mol. The first-order chi connectivity index (χ1) is 9.88. The Morgan fingerprint density at radius 1 is 0.905 bits per heavy atom. The minimum Gasteiger partial charge on any atom is -0.0839 e. The normalized spacial score (nSPS) is 51.6. The molecule has 0 aromatic carbocycles. The molecule has 0 spiro atoms. The molecular formula is C21H34. The number of hydrogen-bond donors (Lipinski definition) is 0. The maximum absolute atomic E-state index is 2.76. The summed E-state index contributed by atoms with van der Waals surface area (Å²) in [6.07, 6.45) is 16.0. The van der Waals surface area contributed by atoms with Crippen LogP contribution in [0.4, 0.5) is 0 Å². The zero-order chi connectivity index (χ0) is 14.9. The zero-order valence-corrected chi connectivity index (χ0v) is 14.7. The summed E-state index contributed by atoms with van der Waals surface area (Å²) < 4.78 is 0. The van der Waals surface area contributed by atoms with E-state index in [4.69, 9.17) is 0 Å². The van der Waals surface area contributed by atoms with Crippen molar-refractivity contribution in [2.75, 3.05) is 0 Å². The second-order valence-corrected chi connectivity index (χ2v) is 9.85. The van der Waals surface area contributed by atoms with Crippen LogP contribution < -0.4 is 0 Å². The lowest BCUT2D eigenvalue weighted by atomic mass is 9.48. The third-order valence-electron chi connectivity index (χ3n) is 8.96. The first-order valence-corrected chi connectivity index (χ1v) is 9.59. The van der Waals surface area contributed by atoms with E-state index in [1.807, 2.05) is 5.57 Å². The van der Waals surface area contributed by atoms with Gasteiger partial charge in [0.05, 0.1) is 0 Å². The number of allylic oxidation sites excluding steroid dienone is 2. The van der Waals surface area contributed by atoms with Crippen LogP contribution in [0.5, 0.6) is 0 Å². The summed E-state index contributed by atoms with van der Waals surface area (Å²) in [7, 11) is 0. The average molecular weight is 287 g/mol. The van der Waals surface area contributed by atoms with Gasteiger partial charge in [0.25, 0.3) is 0 Å². The minimum absolute atomic E-state index is 0.546. The maximum Gasteiger partial charge on any atom is -0.00853 e. The van der Waals surface area contributed by atoms with Crippen LogP contribution in [0.1, 0.15) is 85.5 Å². The molecule has 0 heteroatoms. The van der Waals surface area contributed by atoms with E-state index in [9.17, 15) is 0 Å². The Hall–Kier alpha value is -0.260. The van der Waals surface area contributed by atoms with Crippen LogP contribution in [-0.2, 0) is 0 Å². The number of hydrogen-bond acceptors (Lipinski definition) is 0. The van der Waals surface area contributed by atoms with Gasteiger partial charge in [-0.3, -0.25) is 0 Å². The lowest BCUT2D eigenvalue weighted by Gasteiger charge is -2.57. The molecule has 0 aliphatic heterocycles. The Kier molecular flexibility index (Phi) is 3.00. The summed E-state index contributed by atoms with van der Waals surface area (Å²) in [6.45, 7) is 10.3. The monoisotopic (exact) mass is 286 g/mol. The smallest absolute Gasteiger partial charge is 0.00853 e. The molecule has 4 aliphatic carbocycles. The minimum atomic E-state index is 0.546. The van der Waals surface area contributed by atoms with Crippen LogP contribution in [-0.4, -0.2) is 0 Å². The van der Waals surface area contributed by atoms with E-state index < -0.39 is 0 Å². The Balaban J connectivity index is 1.73. The molecule has 0 aromatic rings. The SMILES string of the molecule is CC1(C)CCC2C3CCC4CCCC[C@]4(C)C3=CC[C@@]21C. The molecule has 4 aliphatic rings. The van der Waals surface area contributed by atoms with Crippen LogP contribution in [0.25, 0.3) is 0 Å². The van der Waals surface area contributed by atoms with Gasteiger partial charge >= 0.3 is 0 Å². The third-order valence-corrected chi connectivity index (χ3v) is 8.96. The van der Waals surface area contributed by atoms with E-state index in [0.717, 1.165) is 17.8 Å². The van der Waals surface area contributed by atoms with Crippen LogP contribution in [0.3, 0.4) is 0 Å². The van der Waals surface area contributed by atoms with Gasteiger partial charge in [-0.1, -0.05) is 52.2 Å². The van der Waals surface area contributed by atoms with Crippen molar-refractivity contribution in [1.29, 1.82) is 0 Å². The second-order valence-electron chi connectivity index (χ2n) is 9.85. The molecule has 0 saturated heterocycles. The van der Waals surface area contributed by atoms with Gasteiger partial charge in [0, 0.05) is 0 Å². The molecule has 3 fully saturated rings. The van der Waals surface area contributed by atoms with Crippen molar-refractivity contribution < 1.29 is 0 Å². The molecule has 3 unspecified atom stereocenters. The fraction of sp³-hybridized carbons (Fsp3) is 0.905. The van der Waals surface area contributed by atoms with Crippen LogP contribution in [0, 0.1) is 34.0 Å². The van der Waals surface area contributed by atoms with Gasteiger partial charge in [-0.25, -0.2) is 0 Å². The molecule has 0 aromatic heterocycles. The summed E-state index contributed by atoms with van der Waals surface area (Å²) in [5.74, 6) is 2.92. The van der Waals surface area contributed by atoms with Crippen molar-refractivity contribution >= 4 is 0 Å². The first kappa shape index (κ1) is 14.3. The maximum atomic E-state index is 2.76. The summed E-state index contributed by atoms with van der Waals surface area (Å²) >= 11 is 0.